The minimum Gasteiger partial charge on any atom is -0.465 e. The lowest BCUT2D eigenvalue weighted by molar-refractivity contribution is 0.0602. The fourth-order valence-electron chi connectivity index (χ4n) is 1.69. The number of halogens is 1. The number of hydrogen-bond donors (Lipinski definition) is 2. The monoisotopic (exact) mass is 260 g/mol. The Morgan fingerprint density at radius 2 is 1.95 bits per heavy atom. The van der Waals surface area contributed by atoms with Crippen LogP contribution in [0.3, 0.4) is 0 Å². The van der Waals surface area contributed by atoms with Gasteiger partial charge < -0.3 is 15.8 Å². The van der Waals surface area contributed by atoms with Gasteiger partial charge in [-0.2, -0.15) is 0 Å². The number of hydrogen-bond acceptors (Lipinski definition) is 4. The quantitative estimate of drug-likeness (QED) is 0.658. The summed E-state index contributed by atoms with van der Waals surface area (Å²) < 4.78 is 18.4. The number of methoxy groups -OCH3 is 1. The molecule has 5 heteroatoms. The van der Waals surface area contributed by atoms with Gasteiger partial charge in [0.2, 0.25) is 0 Å². The molecule has 0 amide bonds. The number of carbonyl (C=O) groups is 1. The second-order valence-corrected chi connectivity index (χ2v) is 3.87. The van der Waals surface area contributed by atoms with E-state index in [0.717, 1.165) is 0 Å². The molecule has 19 heavy (non-hydrogen) atoms. The van der Waals surface area contributed by atoms with E-state index in [2.05, 4.69) is 10.1 Å². The number of ether oxygens (including phenoxy) is 1. The maximum absolute atomic E-state index is 13.7. The summed E-state index contributed by atoms with van der Waals surface area (Å²) in [6, 6.07) is 11.0. The highest BCUT2D eigenvalue weighted by molar-refractivity contribution is 5.97. The molecule has 0 saturated heterocycles. The van der Waals surface area contributed by atoms with Crippen LogP contribution in [0.2, 0.25) is 0 Å². The first-order valence-corrected chi connectivity index (χ1v) is 5.62. The van der Waals surface area contributed by atoms with Crippen LogP contribution in [0.4, 0.5) is 21.5 Å². The van der Waals surface area contributed by atoms with Gasteiger partial charge in [0, 0.05) is 0 Å². The Kier molecular flexibility index (Phi) is 3.66. The zero-order valence-electron chi connectivity index (χ0n) is 10.3. The average molecular weight is 260 g/mol. The highest BCUT2D eigenvalue weighted by Crippen LogP contribution is 2.28. The van der Waals surface area contributed by atoms with Crippen molar-refractivity contribution < 1.29 is 13.9 Å². The smallest absolute Gasteiger partial charge is 0.339 e. The molecule has 0 aromatic heterocycles. The van der Waals surface area contributed by atoms with Gasteiger partial charge in [-0.15, -0.1) is 0 Å². The largest absolute Gasteiger partial charge is 0.465 e. The van der Waals surface area contributed by atoms with Crippen molar-refractivity contribution in [1.82, 2.24) is 0 Å². The summed E-state index contributed by atoms with van der Waals surface area (Å²) in [4.78, 5) is 11.6. The molecule has 0 spiro atoms. The van der Waals surface area contributed by atoms with Crippen molar-refractivity contribution >= 4 is 23.0 Å². The summed E-state index contributed by atoms with van der Waals surface area (Å²) >= 11 is 0. The Morgan fingerprint density at radius 3 is 2.63 bits per heavy atom. The Balaban J connectivity index is 2.42. The number of benzene rings is 2. The molecule has 2 aromatic rings. The van der Waals surface area contributed by atoms with Crippen LogP contribution in [0.1, 0.15) is 10.4 Å². The molecule has 0 fully saturated rings. The molecule has 98 valence electrons. The molecule has 0 aliphatic rings. The number of nitrogen functional groups attached to an aromatic ring is 1. The van der Waals surface area contributed by atoms with Crippen molar-refractivity contribution in [2.45, 2.75) is 0 Å². The van der Waals surface area contributed by atoms with Gasteiger partial charge in [-0.1, -0.05) is 18.2 Å². The van der Waals surface area contributed by atoms with Crippen LogP contribution in [0.25, 0.3) is 0 Å². The van der Waals surface area contributed by atoms with Crippen molar-refractivity contribution in [3.05, 3.63) is 53.8 Å². The average Bonchev–Trinajstić information content (AvgIpc) is 2.42. The standard InChI is InChI=1S/C14H13FN2O2/c1-19-14(18)9-5-2-3-8-12(9)17-13-10(15)6-4-7-11(13)16/h2-8,17H,16H2,1H3. The normalized spacial score (nSPS) is 10.0. The number of nitrogens with two attached hydrogens (primary N) is 1. The molecule has 0 atom stereocenters. The third kappa shape index (κ3) is 2.65. The molecule has 3 N–H and O–H groups in total. The van der Waals surface area contributed by atoms with E-state index in [1.54, 1.807) is 30.3 Å². The van der Waals surface area contributed by atoms with E-state index >= 15 is 0 Å². The van der Waals surface area contributed by atoms with Gasteiger partial charge in [-0.05, 0) is 24.3 Å². The predicted octanol–water partition coefficient (Wildman–Crippen LogP) is 2.94. The van der Waals surface area contributed by atoms with Crippen molar-refractivity contribution in [2.24, 2.45) is 0 Å². The predicted molar refractivity (Wildman–Crippen MR) is 71.9 cm³/mol. The summed E-state index contributed by atoms with van der Waals surface area (Å²) in [6.07, 6.45) is 0. The van der Waals surface area contributed by atoms with Crippen LogP contribution in [0.5, 0.6) is 0 Å². The van der Waals surface area contributed by atoms with Crippen LogP contribution in [-0.4, -0.2) is 13.1 Å². The molecule has 0 aliphatic carbocycles. The first kappa shape index (κ1) is 12.9. The lowest BCUT2D eigenvalue weighted by Crippen LogP contribution is -2.07. The van der Waals surface area contributed by atoms with Gasteiger partial charge >= 0.3 is 5.97 Å². The van der Waals surface area contributed by atoms with Crippen LogP contribution in [0.15, 0.2) is 42.5 Å². The Hall–Kier alpha value is -2.56. The first-order valence-electron chi connectivity index (χ1n) is 5.62. The van der Waals surface area contributed by atoms with E-state index in [1.165, 1.54) is 19.2 Å². The van der Waals surface area contributed by atoms with E-state index in [-0.39, 0.29) is 11.4 Å². The Morgan fingerprint density at radius 1 is 1.21 bits per heavy atom. The maximum atomic E-state index is 13.7. The van der Waals surface area contributed by atoms with Gasteiger partial charge in [-0.3, -0.25) is 0 Å². The zero-order valence-corrected chi connectivity index (χ0v) is 10.3. The van der Waals surface area contributed by atoms with Gasteiger partial charge in [0.1, 0.15) is 5.82 Å². The van der Waals surface area contributed by atoms with Crippen molar-refractivity contribution in [3.8, 4) is 0 Å². The van der Waals surface area contributed by atoms with E-state index < -0.39 is 11.8 Å². The molecule has 4 nitrogen and oxygen atoms in total. The summed E-state index contributed by atoms with van der Waals surface area (Å²) in [5.41, 5.74) is 6.86. The maximum Gasteiger partial charge on any atom is 0.339 e. The SMILES string of the molecule is COC(=O)c1ccccc1Nc1c(N)cccc1F. The van der Waals surface area contributed by atoms with Crippen molar-refractivity contribution in [2.75, 3.05) is 18.2 Å². The minimum absolute atomic E-state index is 0.138. The molecule has 0 saturated carbocycles. The first-order chi connectivity index (χ1) is 9.13. The third-order valence-electron chi connectivity index (χ3n) is 2.64. The van der Waals surface area contributed by atoms with Gasteiger partial charge in [0.05, 0.1) is 29.7 Å². The fraction of sp³-hybridized carbons (Fsp3) is 0.0714. The number of carbonyl (C=O) groups excluding carboxylic acids is 1. The Bertz CT molecular complexity index is 594. The van der Waals surface area contributed by atoms with E-state index in [0.29, 0.717) is 11.3 Å². The lowest BCUT2D eigenvalue weighted by atomic mass is 10.1. The van der Waals surface area contributed by atoms with Crippen LogP contribution in [-0.2, 0) is 4.74 Å². The third-order valence-corrected chi connectivity index (χ3v) is 2.64. The topological polar surface area (TPSA) is 64.3 Å². The minimum atomic E-state index is -0.502. The van der Waals surface area contributed by atoms with Gasteiger partial charge in [0.25, 0.3) is 0 Å². The molecule has 0 bridgehead atoms. The molecule has 0 aliphatic heterocycles. The molecule has 0 radical (unpaired) electrons. The van der Waals surface area contributed by atoms with Crippen molar-refractivity contribution in [1.29, 1.82) is 0 Å². The number of nitrogens with one attached hydrogen (secondary N) is 1. The van der Waals surface area contributed by atoms with Crippen LogP contribution >= 0.6 is 0 Å². The zero-order chi connectivity index (χ0) is 13.8. The molecular weight excluding hydrogens is 247 g/mol. The number of esters is 1. The summed E-state index contributed by atoms with van der Waals surface area (Å²) in [5.74, 6) is -0.988. The molecule has 0 unspecified atom stereocenters. The van der Waals surface area contributed by atoms with E-state index in [4.69, 9.17) is 5.73 Å². The highest BCUT2D eigenvalue weighted by Gasteiger charge is 2.13. The second-order valence-electron chi connectivity index (χ2n) is 3.87. The van der Waals surface area contributed by atoms with E-state index in [1.807, 2.05) is 0 Å². The highest BCUT2D eigenvalue weighted by atomic mass is 19.1. The van der Waals surface area contributed by atoms with Crippen LogP contribution < -0.4 is 11.1 Å². The molecule has 2 aromatic carbocycles. The molecular formula is C14H13FN2O2. The lowest BCUT2D eigenvalue weighted by Gasteiger charge is -2.13. The fourth-order valence-corrected chi connectivity index (χ4v) is 1.69. The number of para-hydroxylation sites is 2. The number of anilines is 3. The second kappa shape index (κ2) is 5.39. The Labute approximate surface area is 110 Å². The number of rotatable bonds is 3. The van der Waals surface area contributed by atoms with Crippen molar-refractivity contribution in [3.63, 3.8) is 0 Å². The van der Waals surface area contributed by atoms with Gasteiger partial charge in [-0.25, -0.2) is 9.18 Å². The molecule has 0 heterocycles. The van der Waals surface area contributed by atoms with Crippen LogP contribution in [0, 0.1) is 5.82 Å². The van der Waals surface area contributed by atoms with Gasteiger partial charge in [0.15, 0.2) is 0 Å². The van der Waals surface area contributed by atoms with E-state index in [9.17, 15) is 9.18 Å². The molecule has 2 rings (SSSR count). The summed E-state index contributed by atoms with van der Waals surface area (Å²) in [7, 11) is 1.29. The summed E-state index contributed by atoms with van der Waals surface area (Å²) in [5, 5.41) is 2.82. The summed E-state index contributed by atoms with van der Waals surface area (Å²) in [6.45, 7) is 0.